The lowest BCUT2D eigenvalue weighted by Gasteiger charge is -2.28. The fourth-order valence-corrected chi connectivity index (χ4v) is 6.14. The van der Waals surface area contributed by atoms with E-state index in [0.717, 1.165) is 11.1 Å². The maximum absolute atomic E-state index is 13.6. The van der Waals surface area contributed by atoms with Crippen molar-refractivity contribution in [3.63, 3.8) is 0 Å². The summed E-state index contributed by atoms with van der Waals surface area (Å²) >= 11 is 2.00. The zero-order valence-electron chi connectivity index (χ0n) is 16.0. The quantitative estimate of drug-likeness (QED) is 0.497. The van der Waals surface area contributed by atoms with E-state index in [0.29, 0.717) is 22.5 Å². The van der Waals surface area contributed by atoms with Crippen LogP contribution in [0.1, 0.15) is 22.3 Å². The molecule has 1 aliphatic rings. The predicted octanol–water partition coefficient (Wildman–Crippen LogP) is 5.02. The van der Waals surface area contributed by atoms with Crippen LogP contribution in [0.2, 0.25) is 0 Å². The molecule has 0 spiro atoms. The van der Waals surface area contributed by atoms with Gasteiger partial charge < -0.3 is 5.11 Å². The molecule has 1 atom stereocenters. The van der Waals surface area contributed by atoms with E-state index >= 15 is 0 Å². The zero-order chi connectivity index (χ0) is 20.8. The van der Waals surface area contributed by atoms with Gasteiger partial charge in [0.1, 0.15) is 0 Å². The Bertz CT molecular complexity index is 1200. The van der Waals surface area contributed by atoms with Crippen LogP contribution >= 0.6 is 22.6 Å². The molecule has 0 aliphatic carbocycles. The Morgan fingerprint density at radius 1 is 0.897 bits per heavy atom. The van der Waals surface area contributed by atoms with Crippen molar-refractivity contribution in [2.45, 2.75) is 24.3 Å². The van der Waals surface area contributed by atoms with Crippen LogP contribution < -0.4 is 4.31 Å². The lowest BCUT2D eigenvalue weighted by Crippen LogP contribution is -2.35. The Balaban J connectivity index is 1.97. The van der Waals surface area contributed by atoms with Gasteiger partial charge >= 0.3 is 0 Å². The van der Waals surface area contributed by atoms with Gasteiger partial charge in [0, 0.05) is 9.65 Å². The lowest BCUT2D eigenvalue weighted by atomic mass is 9.86. The first-order valence-corrected chi connectivity index (χ1v) is 11.8. The van der Waals surface area contributed by atoms with Gasteiger partial charge in [-0.05, 0) is 37.6 Å². The van der Waals surface area contributed by atoms with Crippen molar-refractivity contribution in [2.24, 2.45) is 0 Å². The topological polar surface area (TPSA) is 57.6 Å². The molecule has 0 fully saturated rings. The summed E-state index contributed by atoms with van der Waals surface area (Å²) in [6, 6.07) is 21.4. The summed E-state index contributed by atoms with van der Waals surface area (Å²) < 4.78 is 30.1. The summed E-state index contributed by atoms with van der Waals surface area (Å²) in [4.78, 5) is 0.182. The molecule has 3 aromatic rings. The van der Waals surface area contributed by atoms with Crippen molar-refractivity contribution in [1.82, 2.24) is 0 Å². The molecule has 0 amide bonds. The van der Waals surface area contributed by atoms with Crippen LogP contribution in [0.15, 0.2) is 87.5 Å². The molecule has 0 aromatic heterocycles. The highest BCUT2D eigenvalue weighted by Gasteiger charge is 2.51. The molecule has 3 aromatic carbocycles. The van der Waals surface area contributed by atoms with Crippen molar-refractivity contribution in [2.75, 3.05) is 4.31 Å². The molecule has 148 valence electrons. The van der Waals surface area contributed by atoms with Gasteiger partial charge in [-0.3, -0.25) is 0 Å². The van der Waals surface area contributed by atoms with Crippen molar-refractivity contribution in [1.29, 1.82) is 0 Å². The second-order valence-electron chi connectivity index (χ2n) is 7.17. The lowest BCUT2D eigenvalue weighted by molar-refractivity contribution is 0.128. The maximum Gasteiger partial charge on any atom is 0.268 e. The number of aliphatic hydroxyl groups is 1. The predicted molar refractivity (Wildman–Crippen MR) is 124 cm³/mol. The SMILES string of the molecule is Cc1ccc(C2(O)/C(=C\I)N(S(=O)(=O)c3ccc(C)cc3)c3ccccc32)cc1. The van der Waals surface area contributed by atoms with Crippen LogP contribution in [0.4, 0.5) is 5.69 Å². The highest BCUT2D eigenvalue weighted by Crippen LogP contribution is 2.52. The Hall–Kier alpha value is -2.16. The van der Waals surface area contributed by atoms with E-state index in [1.807, 2.05) is 66.8 Å². The van der Waals surface area contributed by atoms with Crippen molar-refractivity contribution >= 4 is 38.3 Å². The first-order valence-electron chi connectivity index (χ1n) is 9.12. The molecule has 6 heteroatoms. The van der Waals surface area contributed by atoms with Crippen LogP contribution in [0.5, 0.6) is 0 Å². The molecule has 0 bridgehead atoms. The van der Waals surface area contributed by atoms with E-state index in [-0.39, 0.29) is 4.90 Å². The smallest absolute Gasteiger partial charge is 0.268 e. The number of para-hydroxylation sites is 1. The van der Waals surface area contributed by atoms with Gasteiger partial charge in [0.25, 0.3) is 10.0 Å². The summed E-state index contributed by atoms with van der Waals surface area (Å²) in [6.07, 6.45) is 0. The first-order chi connectivity index (χ1) is 13.8. The number of aryl methyl sites for hydroxylation is 2. The Morgan fingerprint density at radius 3 is 2.03 bits per heavy atom. The highest BCUT2D eigenvalue weighted by atomic mass is 127. The molecule has 1 unspecified atom stereocenters. The summed E-state index contributed by atoms with van der Waals surface area (Å²) in [7, 11) is -3.92. The summed E-state index contributed by atoms with van der Waals surface area (Å²) in [5, 5.41) is 11.9. The second-order valence-corrected chi connectivity index (χ2v) is 9.58. The minimum atomic E-state index is -3.92. The van der Waals surface area contributed by atoms with Gasteiger partial charge in [-0.2, -0.15) is 0 Å². The molecule has 1 N–H and O–H groups in total. The monoisotopic (exact) mass is 517 g/mol. The number of hydrogen-bond acceptors (Lipinski definition) is 3. The third-order valence-electron chi connectivity index (χ3n) is 5.23. The second kappa shape index (κ2) is 7.27. The van der Waals surface area contributed by atoms with Gasteiger partial charge in [0.15, 0.2) is 5.60 Å². The third kappa shape index (κ3) is 3.10. The van der Waals surface area contributed by atoms with E-state index in [9.17, 15) is 13.5 Å². The van der Waals surface area contributed by atoms with Crippen LogP contribution in [-0.4, -0.2) is 13.5 Å². The molecule has 1 aliphatic heterocycles. The minimum absolute atomic E-state index is 0.182. The summed E-state index contributed by atoms with van der Waals surface area (Å²) in [6.45, 7) is 3.88. The molecule has 4 nitrogen and oxygen atoms in total. The van der Waals surface area contributed by atoms with Gasteiger partial charge in [-0.15, -0.1) is 0 Å². The van der Waals surface area contributed by atoms with Crippen molar-refractivity contribution in [3.8, 4) is 0 Å². The van der Waals surface area contributed by atoms with Gasteiger partial charge in [-0.1, -0.05) is 88.3 Å². The molecule has 0 saturated carbocycles. The standard InChI is InChI=1S/C23H20INO3S/c1-16-7-11-18(12-8-16)23(26)20-5-3-4-6-21(20)25(22(23)15-24)29(27,28)19-13-9-17(2)10-14-19/h3-15,26H,1-2H3/b22-15+. The minimum Gasteiger partial charge on any atom is -0.374 e. The van der Waals surface area contributed by atoms with Crippen LogP contribution in [0, 0.1) is 13.8 Å². The highest BCUT2D eigenvalue weighted by molar-refractivity contribution is 14.1. The van der Waals surface area contributed by atoms with Gasteiger partial charge in [0.2, 0.25) is 0 Å². The normalized spacial score (nSPS) is 20.1. The Kier molecular flexibility index (Phi) is 5.04. The molecule has 0 saturated heterocycles. The molecule has 0 radical (unpaired) electrons. The van der Waals surface area contributed by atoms with Crippen LogP contribution in [0.3, 0.4) is 0 Å². The number of rotatable bonds is 3. The van der Waals surface area contributed by atoms with E-state index < -0.39 is 15.6 Å². The van der Waals surface area contributed by atoms with Gasteiger partial charge in [0.05, 0.1) is 16.3 Å². The number of fused-ring (bicyclic) bond motifs is 1. The number of sulfonamides is 1. The number of hydrogen-bond donors (Lipinski definition) is 1. The molecule has 1 heterocycles. The molecule has 29 heavy (non-hydrogen) atoms. The fourth-order valence-electron chi connectivity index (χ4n) is 3.67. The van der Waals surface area contributed by atoms with E-state index in [2.05, 4.69) is 0 Å². The van der Waals surface area contributed by atoms with Crippen LogP contribution in [-0.2, 0) is 15.6 Å². The summed E-state index contributed by atoms with van der Waals surface area (Å²) in [5.74, 6) is 0. The van der Waals surface area contributed by atoms with Crippen molar-refractivity contribution in [3.05, 3.63) is 105 Å². The van der Waals surface area contributed by atoms with E-state index in [1.165, 1.54) is 4.31 Å². The number of anilines is 1. The van der Waals surface area contributed by atoms with E-state index in [4.69, 9.17) is 0 Å². The average molecular weight is 517 g/mol. The van der Waals surface area contributed by atoms with Crippen LogP contribution in [0.25, 0.3) is 0 Å². The first kappa shape index (κ1) is 20.1. The van der Waals surface area contributed by atoms with Gasteiger partial charge in [-0.25, -0.2) is 12.7 Å². The molecular weight excluding hydrogens is 497 g/mol. The third-order valence-corrected chi connectivity index (χ3v) is 7.57. The number of benzene rings is 3. The maximum atomic E-state index is 13.6. The largest absolute Gasteiger partial charge is 0.374 e. The summed E-state index contributed by atoms with van der Waals surface area (Å²) in [5.41, 5.74) is 2.40. The molecule has 4 rings (SSSR count). The van der Waals surface area contributed by atoms with Crippen molar-refractivity contribution < 1.29 is 13.5 Å². The fraction of sp³-hybridized carbons (Fsp3) is 0.130. The Labute approximate surface area is 184 Å². The zero-order valence-corrected chi connectivity index (χ0v) is 19.0. The molecular formula is C23H20INO3S. The number of halogens is 1. The Morgan fingerprint density at radius 2 is 1.45 bits per heavy atom. The average Bonchev–Trinajstić information content (AvgIpc) is 2.99. The van der Waals surface area contributed by atoms with E-state index in [1.54, 1.807) is 46.5 Å². The number of nitrogens with zero attached hydrogens (tertiary/aromatic N) is 1.